The van der Waals surface area contributed by atoms with Crippen LogP contribution in [-0.4, -0.2) is 13.3 Å². The van der Waals surface area contributed by atoms with Crippen LogP contribution < -0.4 is 4.74 Å². The molecule has 20 heavy (non-hydrogen) atoms. The second kappa shape index (κ2) is 6.74. The Morgan fingerprint density at radius 3 is 2.70 bits per heavy atom. The molecule has 0 aliphatic carbocycles. The van der Waals surface area contributed by atoms with Crippen LogP contribution in [0.25, 0.3) is 0 Å². The molecular weight excluding hydrogens is 405 g/mol. The van der Waals surface area contributed by atoms with E-state index in [2.05, 4.69) is 36.9 Å². The van der Waals surface area contributed by atoms with Gasteiger partial charge in [-0.1, -0.05) is 33.6 Å². The van der Waals surface area contributed by atoms with Gasteiger partial charge in [-0.3, -0.25) is 4.99 Å². The monoisotopic (exact) mass is 415 g/mol. The molecule has 0 amide bonds. The van der Waals surface area contributed by atoms with Gasteiger partial charge in [0.1, 0.15) is 5.75 Å². The molecule has 2 nitrogen and oxygen atoms in total. The summed E-state index contributed by atoms with van der Waals surface area (Å²) in [6, 6.07) is 9.55. The normalized spacial score (nSPS) is 11.1. The Labute approximate surface area is 140 Å². The summed E-state index contributed by atoms with van der Waals surface area (Å²) >= 11 is 13.0. The predicted octanol–water partition coefficient (Wildman–Crippen LogP) is 5.93. The van der Waals surface area contributed by atoms with Gasteiger partial charge in [0.15, 0.2) is 0 Å². The number of benzene rings is 2. The molecule has 0 radical (unpaired) electrons. The fraction of sp³-hybridized carbons (Fsp3) is 0.133. The van der Waals surface area contributed by atoms with E-state index in [9.17, 15) is 0 Å². The van der Waals surface area contributed by atoms with Crippen molar-refractivity contribution in [3.8, 4) is 5.75 Å². The predicted molar refractivity (Wildman–Crippen MR) is 91.8 cm³/mol. The SMILES string of the molecule is COc1c(Br)cc(Br)cc1C=Nc1cccc(Cl)c1C. The van der Waals surface area contributed by atoms with Crippen LogP contribution in [0.15, 0.2) is 44.3 Å². The van der Waals surface area contributed by atoms with Crippen LogP contribution in [0.4, 0.5) is 5.69 Å². The second-order valence-electron chi connectivity index (χ2n) is 4.15. The number of ether oxygens (including phenoxy) is 1. The van der Waals surface area contributed by atoms with Crippen molar-refractivity contribution in [1.29, 1.82) is 0 Å². The lowest BCUT2D eigenvalue weighted by atomic mass is 10.2. The van der Waals surface area contributed by atoms with Crippen molar-refractivity contribution < 1.29 is 4.74 Å². The Hall–Kier alpha value is -0.840. The number of nitrogens with zero attached hydrogens (tertiary/aromatic N) is 1. The highest BCUT2D eigenvalue weighted by atomic mass is 79.9. The molecule has 2 aromatic carbocycles. The highest BCUT2D eigenvalue weighted by molar-refractivity contribution is 9.11. The summed E-state index contributed by atoms with van der Waals surface area (Å²) in [5.74, 6) is 0.747. The van der Waals surface area contributed by atoms with Gasteiger partial charge < -0.3 is 4.74 Å². The van der Waals surface area contributed by atoms with Gasteiger partial charge in [0.05, 0.1) is 17.3 Å². The van der Waals surface area contributed by atoms with Crippen molar-refractivity contribution in [2.45, 2.75) is 6.92 Å². The number of hydrogen-bond acceptors (Lipinski definition) is 2. The van der Waals surface area contributed by atoms with Gasteiger partial charge in [0.2, 0.25) is 0 Å². The Balaban J connectivity index is 2.43. The van der Waals surface area contributed by atoms with Crippen molar-refractivity contribution in [1.82, 2.24) is 0 Å². The van der Waals surface area contributed by atoms with Crippen molar-refractivity contribution >= 4 is 55.4 Å². The first-order chi connectivity index (χ1) is 9.52. The van der Waals surface area contributed by atoms with Gasteiger partial charge in [-0.2, -0.15) is 0 Å². The first kappa shape index (κ1) is 15.5. The van der Waals surface area contributed by atoms with Gasteiger partial charge in [-0.15, -0.1) is 0 Å². The molecule has 0 fully saturated rings. The number of methoxy groups -OCH3 is 1. The second-order valence-corrected chi connectivity index (χ2v) is 6.33. The molecule has 0 aliphatic heterocycles. The lowest BCUT2D eigenvalue weighted by molar-refractivity contribution is 0.411. The zero-order valence-electron chi connectivity index (χ0n) is 11.0. The molecule has 0 saturated carbocycles. The molecule has 2 rings (SSSR count). The van der Waals surface area contributed by atoms with Gasteiger partial charge in [0, 0.05) is 21.3 Å². The third-order valence-electron chi connectivity index (χ3n) is 2.82. The van der Waals surface area contributed by atoms with Gasteiger partial charge in [-0.25, -0.2) is 0 Å². The Morgan fingerprint density at radius 2 is 2.00 bits per heavy atom. The molecule has 5 heteroatoms. The quantitative estimate of drug-likeness (QED) is 0.567. The largest absolute Gasteiger partial charge is 0.495 e. The van der Waals surface area contributed by atoms with Gasteiger partial charge in [0.25, 0.3) is 0 Å². The van der Waals surface area contributed by atoms with E-state index in [-0.39, 0.29) is 0 Å². The van der Waals surface area contributed by atoms with E-state index in [1.165, 1.54) is 0 Å². The maximum Gasteiger partial charge on any atom is 0.141 e. The number of halogens is 3. The molecule has 0 unspecified atom stereocenters. The van der Waals surface area contributed by atoms with Crippen LogP contribution >= 0.6 is 43.5 Å². The maximum atomic E-state index is 6.09. The van der Waals surface area contributed by atoms with Crippen LogP contribution in [0.1, 0.15) is 11.1 Å². The Bertz CT molecular complexity index is 671. The fourth-order valence-electron chi connectivity index (χ4n) is 1.77. The minimum Gasteiger partial charge on any atom is -0.495 e. The summed E-state index contributed by atoms with van der Waals surface area (Å²) in [6.45, 7) is 1.95. The summed E-state index contributed by atoms with van der Waals surface area (Å²) in [5, 5.41) is 0.710. The standard InChI is InChI=1S/C15H12Br2ClNO/c1-9-13(18)4-3-5-14(9)19-8-10-6-11(16)7-12(17)15(10)20-2/h3-8H,1-2H3. The van der Waals surface area contributed by atoms with Crippen LogP contribution in [0.2, 0.25) is 5.02 Å². The average Bonchev–Trinajstić information content (AvgIpc) is 2.40. The van der Waals surface area contributed by atoms with E-state index in [1.54, 1.807) is 13.3 Å². The Morgan fingerprint density at radius 1 is 1.25 bits per heavy atom. The molecule has 0 bridgehead atoms. The minimum atomic E-state index is 0.710. The van der Waals surface area contributed by atoms with Crippen molar-refractivity contribution in [2.24, 2.45) is 4.99 Å². The van der Waals surface area contributed by atoms with Crippen LogP contribution in [0.5, 0.6) is 5.75 Å². The molecule has 0 atom stereocenters. The molecule has 104 valence electrons. The van der Waals surface area contributed by atoms with Crippen LogP contribution in [0, 0.1) is 6.92 Å². The van der Waals surface area contributed by atoms with E-state index in [0.29, 0.717) is 5.02 Å². The first-order valence-electron chi connectivity index (χ1n) is 5.85. The highest BCUT2D eigenvalue weighted by Crippen LogP contribution is 2.32. The summed E-state index contributed by atoms with van der Waals surface area (Å²) in [6.07, 6.45) is 1.77. The molecule has 2 aromatic rings. The maximum absolute atomic E-state index is 6.09. The van der Waals surface area contributed by atoms with Gasteiger partial charge in [-0.05, 0) is 52.7 Å². The molecule has 0 saturated heterocycles. The molecule has 0 aromatic heterocycles. The first-order valence-corrected chi connectivity index (χ1v) is 7.81. The number of aliphatic imine (C=N–C) groups is 1. The minimum absolute atomic E-state index is 0.710. The average molecular weight is 418 g/mol. The lowest BCUT2D eigenvalue weighted by Crippen LogP contribution is -1.92. The summed E-state index contributed by atoms with van der Waals surface area (Å²) in [4.78, 5) is 4.50. The van der Waals surface area contributed by atoms with Gasteiger partial charge >= 0.3 is 0 Å². The van der Waals surface area contributed by atoms with Crippen molar-refractivity contribution in [3.05, 3.63) is 55.4 Å². The Kier molecular flexibility index (Phi) is 5.24. The lowest BCUT2D eigenvalue weighted by Gasteiger charge is -2.08. The van der Waals surface area contributed by atoms with E-state index >= 15 is 0 Å². The molecule has 0 spiro atoms. The zero-order chi connectivity index (χ0) is 14.7. The molecule has 0 heterocycles. The number of hydrogen-bond donors (Lipinski definition) is 0. The summed E-state index contributed by atoms with van der Waals surface area (Å²) < 4.78 is 7.22. The molecule has 0 aliphatic rings. The third kappa shape index (κ3) is 3.43. The topological polar surface area (TPSA) is 21.6 Å². The van der Waals surface area contributed by atoms with Crippen LogP contribution in [0.3, 0.4) is 0 Å². The van der Waals surface area contributed by atoms with E-state index in [1.807, 2.05) is 37.3 Å². The van der Waals surface area contributed by atoms with E-state index in [0.717, 1.165) is 31.5 Å². The van der Waals surface area contributed by atoms with E-state index in [4.69, 9.17) is 16.3 Å². The highest BCUT2D eigenvalue weighted by Gasteiger charge is 2.08. The van der Waals surface area contributed by atoms with Crippen molar-refractivity contribution in [2.75, 3.05) is 7.11 Å². The molecular formula is C15H12Br2ClNO. The van der Waals surface area contributed by atoms with E-state index < -0.39 is 0 Å². The van der Waals surface area contributed by atoms with Crippen LogP contribution in [-0.2, 0) is 0 Å². The summed E-state index contributed by atoms with van der Waals surface area (Å²) in [7, 11) is 1.63. The fourth-order valence-corrected chi connectivity index (χ4v) is 3.36. The summed E-state index contributed by atoms with van der Waals surface area (Å²) in [5.41, 5.74) is 2.68. The number of rotatable bonds is 3. The third-order valence-corrected chi connectivity index (χ3v) is 4.28. The smallest absolute Gasteiger partial charge is 0.141 e. The zero-order valence-corrected chi connectivity index (χ0v) is 14.9. The molecule has 0 N–H and O–H groups in total. The van der Waals surface area contributed by atoms with Crippen molar-refractivity contribution in [3.63, 3.8) is 0 Å².